The summed E-state index contributed by atoms with van der Waals surface area (Å²) in [6.45, 7) is 5.96. The first kappa shape index (κ1) is 13.5. The molecule has 0 fully saturated rings. The summed E-state index contributed by atoms with van der Waals surface area (Å²) >= 11 is 0. The van der Waals surface area contributed by atoms with Crippen LogP contribution < -0.4 is 0 Å². The van der Waals surface area contributed by atoms with Crippen LogP contribution in [0.2, 0.25) is 0 Å². The fraction of sp³-hybridized carbons (Fsp3) is 0.429. The van der Waals surface area contributed by atoms with Crippen molar-refractivity contribution in [1.29, 1.82) is 0 Å². The molecule has 0 saturated heterocycles. The van der Waals surface area contributed by atoms with Crippen molar-refractivity contribution in [2.45, 2.75) is 39.1 Å². The minimum Gasteiger partial charge on any atom is -0.465 e. The fourth-order valence-corrected chi connectivity index (χ4v) is 2.01. The van der Waals surface area contributed by atoms with Crippen molar-refractivity contribution in [2.75, 3.05) is 0 Å². The van der Waals surface area contributed by atoms with Gasteiger partial charge in [-0.2, -0.15) is 0 Å². The molecular weight excluding hydrogens is 242 g/mol. The molecule has 19 heavy (non-hydrogen) atoms. The van der Waals surface area contributed by atoms with E-state index in [1.165, 1.54) is 0 Å². The van der Waals surface area contributed by atoms with Gasteiger partial charge in [0.2, 0.25) is 6.29 Å². The van der Waals surface area contributed by atoms with Gasteiger partial charge >= 0.3 is 0 Å². The molecule has 0 spiro atoms. The number of rotatable bonds is 3. The first-order chi connectivity index (χ1) is 9.05. The Kier molecular flexibility index (Phi) is 3.79. The van der Waals surface area contributed by atoms with Gasteiger partial charge in [0.1, 0.15) is 5.76 Å². The standard InChI is InChI=1S/C14H17N3O2/c1-4-13-18-12(9-14(2,3)19-13)10-7-5-6-8-11(10)16-17-15/h5-9,13H,4H2,1-3H3. The van der Waals surface area contributed by atoms with Gasteiger partial charge in [-0.3, -0.25) is 0 Å². The molecule has 0 saturated carbocycles. The predicted molar refractivity (Wildman–Crippen MR) is 73.6 cm³/mol. The zero-order valence-electron chi connectivity index (χ0n) is 11.3. The lowest BCUT2D eigenvalue weighted by Crippen LogP contribution is -2.34. The maximum atomic E-state index is 8.62. The molecule has 1 unspecified atom stereocenters. The first-order valence-electron chi connectivity index (χ1n) is 6.27. The van der Waals surface area contributed by atoms with E-state index in [-0.39, 0.29) is 6.29 Å². The lowest BCUT2D eigenvalue weighted by molar-refractivity contribution is -0.166. The van der Waals surface area contributed by atoms with Crippen molar-refractivity contribution in [2.24, 2.45) is 5.11 Å². The Morgan fingerprint density at radius 3 is 2.79 bits per heavy atom. The highest BCUT2D eigenvalue weighted by molar-refractivity contribution is 5.71. The Hall–Kier alpha value is -1.97. The van der Waals surface area contributed by atoms with Gasteiger partial charge < -0.3 is 9.47 Å². The van der Waals surface area contributed by atoms with Gasteiger partial charge in [0.25, 0.3) is 0 Å². The van der Waals surface area contributed by atoms with E-state index in [0.29, 0.717) is 11.4 Å². The molecular formula is C14H17N3O2. The summed E-state index contributed by atoms with van der Waals surface area (Å²) < 4.78 is 11.6. The van der Waals surface area contributed by atoms with Gasteiger partial charge in [0.15, 0.2) is 0 Å². The Morgan fingerprint density at radius 1 is 1.37 bits per heavy atom. The number of hydrogen-bond donors (Lipinski definition) is 0. The van der Waals surface area contributed by atoms with Gasteiger partial charge in [0, 0.05) is 22.6 Å². The summed E-state index contributed by atoms with van der Waals surface area (Å²) in [7, 11) is 0. The van der Waals surface area contributed by atoms with Crippen LogP contribution in [0.5, 0.6) is 0 Å². The highest BCUT2D eigenvalue weighted by atomic mass is 16.7. The van der Waals surface area contributed by atoms with Crippen LogP contribution in [0, 0.1) is 0 Å². The van der Waals surface area contributed by atoms with Gasteiger partial charge in [-0.1, -0.05) is 36.3 Å². The van der Waals surface area contributed by atoms with Crippen molar-refractivity contribution >= 4 is 11.4 Å². The number of ether oxygens (including phenoxy) is 2. The van der Waals surface area contributed by atoms with Crippen LogP contribution in [0.1, 0.15) is 32.8 Å². The Balaban J connectivity index is 2.46. The van der Waals surface area contributed by atoms with Gasteiger partial charge in [-0.05, 0) is 25.5 Å². The Bertz CT molecular complexity index is 545. The number of hydrogen-bond acceptors (Lipinski definition) is 3. The average Bonchev–Trinajstić information content (AvgIpc) is 2.38. The van der Waals surface area contributed by atoms with Crippen LogP contribution in [0.15, 0.2) is 35.5 Å². The zero-order valence-corrected chi connectivity index (χ0v) is 11.3. The number of nitrogens with zero attached hydrogens (tertiary/aromatic N) is 3. The molecule has 0 aromatic heterocycles. The van der Waals surface area contributed by atoms with Crippen LogP contribution >= 0.6 is 0 Å². The molecule has 2 rings (SSSR count). The van der Waals surface area contributed by atoms with E-state index in [0.717, 1.165) is 12.0 Å². The van der Waals surface area contributed by atoms with Crippen molar-refractivity contribution in [3.05, 3.63) is 46.3 Å². The van der Waals surface area contributed by atoms with E-state index >= 15 is 0 Å². The molecule has 0 bridgehead atoms. The monoisotopic (exact) mass is 259 g/mol. The molecule has 0 aliphatic carbocycles. The third kappa shape index (κ3) is 3.08. The van der Waals surface area contributed by atoms with Crippen LogP contribution in [-0.4, -0.2) is 11.9 Å². The van der Waals surface area contributed by atoms with Crippen molar-refractivity contribution in [3.8, 4) is 0 Å². The second kappa shape index (κ2) is 5.34. The largest absolute Gasteiger partial charge is 0.465 e. The average molecular weight is 259 g/mol. The maximum Gasteiger partial charge on any atom is 0.200 e. The smallest absolute Gasteiger partial charge is 0.200 e. The van der Waals surface area contributed by atoms with Crippen LogP contribution in [0.3, 0.4) is 0 Å². The summed E-state index contributed by atoms with van der Waals surface area (Å²) in [4.78, 5) is 2.85. The number of benzene rings is 1. The predicted octanol–water partition coefficient (Wildman–Crippen LogP) is 4.53. The molecule has 5 heteroatoms. The normalized spacial score (nSPS) is 21.0. The molecule has 1 aromatic carbocycles. The van der Waals surface area contributed by atoms with E-state index in [9.17, 15) is 0 Å². The molecule has 100 valence electrons. The van der Waals surface area contributed by atoms with Gasteiger partial charge in [-0.25, -0.2) is 0 Å². The molecule has 0 radical (unpaired) electrons. The van der Waals surface area contributed by atoms with E-state index in [1.54, 1.807) is 6.07 Å². The number of azide groups is 1. The van der Waals surface area contributed by atoms with Crippen LogP contribution in [0.25, 0.3) is 16.2 Å². The molecule has 1 aliphatic heterocycles. The summed E-state index contributed by atoms with van der Waals surface area (Å²) in [6.07, 6.45) is 2.38. The van der Waals surface area contributed by atoms with Crippen LogP contribution in [0.4, 0.5) is 5.69 Å². The molecule has 1 atom stereocenters. The summed E-state index contributed by atoms with van der Waals surface area (Å²) in [6, 6.07) is 7.36. The minimum atomic E-state index is -0.405. The molecule has 0 N–H and O–H groups in total. The lowest BCUT2D eigenvalue weighted by Gasteiger charge is -2.34. The van der Waals surface area contributed by atoms with E-state index in [2.05, 4.69) is 10.0 Å². The highest BCUT2D eigenvalue weighted by Gasteiger charge is 2.29. The third-order valence-corrected chi connectivity index (χ3v) is 2.83. The van der Waals surface area contributed by atoms with Gasteiger partial charge in [0.05, 0.1) is 5.60 Å². The van der Waals surface area contributed by atoms with E-state index < -0.39 is 5.60 Å². The van der Waals surface area contributed by atoms with Crippen molar-refractivity contribution < 1.29 is 9.47 Å². The summed E-state index contributed by atoms with van der Waals surface area (Å²) in [5.41, 5.74) is 9.56. The summed E-state index contributed by atoms with van der Waals surface area (Å²) in [5.74, 6) is 0.700. The second-order valence-electron chi connectivity index (χ2n) is 4.89. The summed E-state index contributed by atoms with van der Waals surface area (Å²) in [5, 5.41) is 3.70. The van der Waals surface area contributed by atoms with Crippen LogP contribution in [-0.2, 0) is 9.47 Å². The van der Waals surface area contributed by atoms with Crippen molar-refractivity contribution in [1.82, 2.24) is 0 Å². The molecule has 0 amide bonds. The first-order valence-corrected chi connectivity index (χ1v) is 6.27. The molecule has 5 nitrogen and oxygen atoms in total. The highest BCUT2D eigenvalue weighted by Crippen LogP contribution is 2.35. The quantitative estimate of drug-likeness (QED) is 0.454. The maximum absolute atomic E-state index is 8.62. The Labute approximate surface area is 112 Å². The van der Waals surface area contributed by atoms with Gasteiger partial charge in [-0.15, -0.1) is 0 Å². The zero-order chi connectivity index (χ0) is 13.9. The van der Waals surface area contributed by atoms with E-state index in [1.807, 2.05) is 45.0 Å². The minimum absolute atomic E-state index is 0.283. The Morgan fingerprint density at radius 2 is 2.11 bits per heavy atom. The SMILES string of the molecule is CCC1OC(c2ccccc2N=[N+]=[N-])=CC(C)(C)O1. The molecule has 1 heterocycles. The topological polar surface area (TPSA) is 67.2 Å². The fourth-order valence-electron chi connectivity index (χ4n) is 2.01. The van der Waals surface area contributed by atoms with E-state index in [4.69, 9.17) is 15.0 Å². The molecule has 1 aliphatic rings. The lowest BCUT2D eigenvalue weighted by atomic mass is 10.0. The van der Waals surface area contributed by atoms with Crippen molar-refractivity contribution in [3.63, 3.8) is 0 Å². The third-order valence-electron chi connectivity index (χ3n) is 2.83. The molecule has 1 aromatic rings. The second-order valence-corrected chi connectivity index (χ2v) is 4.89.